The van der Waals surface area contributed by atoms with E-state index < -0.39 is 0 Å². The Morgan fingerprint density at radius 2 is 2.14 bits per heavy atom. The van der Waals surface area contributed by atoms with Crippen LogP contribution in [0.5, 0.6) is 0 Å². The van der Waals surface area contributed by atoms with Gasteiger partial charge in [0.25, 0.3) is 0 Å². The zero-order valence-electron chi connectivity index (χ0n) is 12.9. The molecule has 0 spiro atoms. The van der Waals surface area contributed by atoms with Gasteiger partial charge in [0.2, 0.25) is 11.3 Å². The Kier molecular flexibility index (Phi) is 4.22. The molecule has 1 aromatic heterocycles. The Balaban J connectivity index is 1.88. The lowest BCUT2D eigenvalue weighted by Crippen LogP contribution is -2.45. The quantitative estimate of drug-likeness (QED) is 0.873. The number of hydrogen-bond donors (Lipinski definition) is 0. The highest BCUT2D eigenvalue weighted by Crippen LogP contribution is 2.20. The van der Waals surface area contributed by atoms with Crippen LogP contribution < -0.4 is 5.43 Å². The molecule has 1 aliphatic heterocycles. The number of benzene rings is 1. The van der Waals surface area contributed by atoms with Gasteiger partial charge in [-0.3, -0.25) is 14.3 Å². The number of rotatable bonds is 3. The van der Waals surface area contributed by atoms with Gasteiger partial charge in [-0.1, -0.05) is 19.1 Å². The molecular weight excluding hydrogens is 278 g/mol. The number of para-hydroxylation sites is 1. The van der Waals surface area contributed by atoms with Gasteiger partial charge >= 0.3 is 0 Å². The molecule has 1 atom stereocenters. The monoisotopic (exact) mass is 299 g/mol. The average molecular weight is 299 g/mol. The second kappa shape index (κ2) is 6.30. The van der Waals surface area contributed by atoms with Gasteiger partial charge in [0.15, 0.2) is 0 Å². The summed E-state index contributed by atoms with van der Waals surface area (Å²) in [5, 5.41) is 4.76. The fraction of sp³-hybridized carbons (Fsp3) is 0.471. The van der Waals surface area contributed by atoms with Crippen molar-refractivity contribution in [2.24, 2.45) is 0 Å². The van der Waals surface area contributed by atoms with Gasteiger partial charge in [-0.05, 0) is 37.8 Å². The number of nitrogens with zero attached hydrogens (tertiary/aromatic N) is 3. The number of carbonyl (C=O) groups excluding carboxylic acids is 1. The zero-order valence-corrected chi connectivity index (χ0v) is 12.9. The summed E-state index contributed by atoms with van der Waals surface area (Å²) in [7, 11) is 0. The van der Waals surface area contributed by atoms with Crippen LogP contribution in [0.4, 0.5) is 0 Å². The van der Waals surface area contributed by atoms with Crippen LogP contribution in [0.15, 0.2) is 35.3 Å². The van der Waals surface area contributed by atoms with Crippen molar-refractivity contribution in [3.8, 4) is 0 Å². The Morgan fingerprint density at radius 1 is 1.32 bits per heavy atom. The van der Waals surface area contributed by atoms with Crippen molar-refractivity contribution in [3.63, 3.8) is 0 Å². The summed E-state index contributed by atoms with van der Waals surface area (Å²) in [6, 6.07) is 7.64. The lowest BCUT2D eigenvalue weighted by atomic mass is 10.00. The van der Waals surface area contributed by atoms with E-state index in [9.17, 15) is 9.59 Å². The SMILES string of the molecule is CC[C@@H]1CCCCN1C(=O)Cn1ncc(=O)c2ccccc21. The molecule has 0 aliphatic carbocycles. The molecule has 0 saturated carbocycles. The summed E-state index contributed by atoms with van der Waals surface area (Å²) in [4.78, 5) is 26.5. The van der Waals surface area contributed by atoms with E-state index in [2.05, 4.69) is 12.0 Å². The zero-order chi connectivity index (χ0) is 15.5. The van der Waals surface area contributed by atoms with Crippen LogP contribution in [0, 0.1) is 0 Å². The average Bonchev–Trinajstić information content (AvgIpc) is 2.57. The van der Waals surface area contributed by atoms with E-state index in [-0.39, 0.29) is 17.9 Å². The van der Waals surface area contributed by atoms with Crippen LogP contribution in [-0.2, 0) is 11.3 Å². The summed E-state index contributed by atoms with van der Waals surface area (Å²) < 4.78 is 1.64. The molecule has 22 heavy (non-hydrogen) atoms. The molecule has 0 radical (unpaired) electrons. The Morgan fingerprint density at radius 3 is 2.95 bits per heavy atom. The minimum absolute atomic E-state index is 0.0906. The van der Waals surface area contributed by atoms with Crippen molar-refractivity contribution >= 4 is 16.8 Å². The number of piperidine rings is 1. The van der Waals surface area contributed by atoms with E-state index in [1.54, 1.807) is 10.7 Å². The van der Waals surface area contributed by atoms with Gasteiger partial charge in [0, 0.05) is 18.0 Å². The lowest BCUT2D eigenvalue weighted by molar-refractivity contribution is -0.135. The Bertz CT molecular complexity index is 738. The van der Waals surface area contributed by atoms with Crippen molar-refractivity contribution in [2.75, 3.05) is 6.54 Å². The predicted molar refractivity (Wildman–Crippen MR) is 85.6 cm³/mol. The van der Waals surface area contributed by atoms with Gasteiger partial charge < -0.3 is 4.90 Å². The Hall–Kier alpha value is -2.17. The molecule has 1 aliphatic rings. The predicted octanol–water partition coefficient (Wildman–Crippen LogP) is 2.19. The molecule has 5 heteroatoms. The van der Waals surface area contributed by atoms with Crippen LogP contribution in [0.3, 0.4) is 0 Å². The van der Waals surface area contributed by atoms with Crippen molar-refractivity contribution in [2.45, 2.75) is 45.2 Å². The second-order valence-corrected chi connectivity index (χ2v) is 5.83. The van der Waals surface area contributed by atoms with E-state index in [0.29, 0.717) is 16.9 Å². The third kappa shape index (κ3) is 2.75. The highest BCUT2D eigenvalue weighted by Gasteiger charge is 2.25. The molecule has 2 heterocycles. The van der Waals surface area contributed by atoms with Gasteiger partial charge in [-0.25, -0.2) is 0 Å². The molecule has 1 saturated heterocycles. The first-order valence-corrected chi connectivity index (χ1v) is 7.95. The summed E-state index contributed by atoms with van der Waals surface area (Å²) in [6.07, 6.45) is 5.63. The molecule has 116 valence electrons. The van der Waals surface area contributed by atoms with Crippen molar-refractivity contribution < 1.29 is 4.79 Å². The van der Waals surface area contributed by atoms with Gasteiger partial charge in [-0.15, -0.1) is 0 Å². The van der Waals surface area contributed by atoms with Crippen LogP contribution in [0.25, 0.3) is 10.9 Å². The molecule has 0 bridgehead atoms. The van der Waals surface area contributed by atoms with Crippen molar-refractivity contribution in [1.82, 2.24) is 14.7 Å². The Labute approximate surface area is 129 Å². The second-order valence-electron chi connectivity index (χ2n) is 5.83. The molecule has 2 aromatic rings. The van der Waals surface area contributed by atoms with Crippen LogP contribution in [0.1, 0.15) is 32.6 Å². The van der Waals surface area contributed by atoms with Crippen LogP contribution in [0.2, 0.25) is 0 Å². The largest absolute Gasteiger partial charge is 0.338 e. The van der Waals surface area contributed by atoms with Crippen molar-refractivity contribution in [1.29, 1.82) is 0 Å². The molecule has 5 nitrogen and oxygen atoms in total. The topological polar surface area (TPSA) is 55.2 Å². The fourth-order valence-corrected chi connectivity index (χ4v) is 3.26. The minimum Gasteiger partial charge on any atom is -0.338 e. The summed E-state index contributed by atoms with van der Waals surface area (Å²) in [5.74, 6) is 0.0906. The number of hydrogen-bond acceptors (Lipinski definition) is 3. The number of fused-ring (bicyclic) bond motifs is 1. The van der Waals surface area contributed by atoms with E-state index in [1.165, 1.54) is 12.6 Å². The molecule has 3 rings (SSSR count). The van der Waals surface area contributed by atoms with E-state index in [1.807, 2.05) is 23.1 Å². The van der Waals surface area contributed by atoms with E-state index in [4.69, 9.17) is 0 Å². The highest BCUT2D eigenvalue weighted by atomic mass is 16.2. The number of amides is 1. The normalized spacial score (nSPS) is 18.6. The van der Waals surface area contributed by atoms with Crippen molar-refractivity contribution in [3.05, 3.63) is 40.7 Å². The van der Waals surface area contributed by atoms with Gasteiger partial charge in [-0.2, -0.15) is 5.10 Å². The third-order valence-corrected chi connectivity index (χ3v) is 4.47. The molecular formula is C17H21N3O2. The fourth-order valence-electron chi connectivity index (χ4n) is 3.26. The van der Waals surface area contributed by atoms with Gasteiger partial charge in [0.05, 0.1) is 11.7 Å². The first kappa shape index (κ1) is 14.8. The summed E-state index contributed by atoms with van der Waals surface area (Å²) >= 11 is 0. The summed E-state index contributed by atoms with van der Waals surface area (Å²) in [5.41, 5.74) is 0.608. The molecule has 0 unspecified atom stereocenters. The smallest absolute Gasteiger partial charge is 0.244 e. The van der Waals surface area contributed by atoms with Gasteiger partial charge in [0.1, 0.15) is 6.54 Å². The lowest BCUT2D eigenvalue weighted by Gasteiger charge is -2.35. The molecule has 1 amide bonds. The van der Waals surface area contributed by atoms with Crippen LogP contribution in [-0.4, -0.2) is 33.2 Å². The maximum atomic E-state index is 12.7. The van der Waals surface area contributed by atoms with Crippen LogP contribution >= 0.6 is 0 Å². The third-order valence-electron chi connectivity index (χ3n) is 4.47. The molecule has 0 N–H and O–H groups in total. The maximum absolute atomic E-state index is 12.7. The maximum Gasteiger partial charge on any atom is 0.244 e. The number of likely N-dealkylation sites (tertiary alicyclic amines) is 1. The molecule has 1 aromatic carbocycles. The first-order valence-electron chi connectivity index (χ1n) is 7.95. The number of aromatic nitrogens is 2. The first-order chi connectivity index (χ1) is 10.7. The molecule has 1 fully saturated rings. The standard InChI is InChI=1S/C17H21N3O2/c1-2-13-7-5-6-10-19(13)17(22)12-20-15-9-4-3-8-14(15)16(21)11-18-20/h3-4,8-9,11,13H,2,5-7,10,12H2,1H3/t13-/m1/s1. The number of carbonyl (C=O) groups is 1. The van der Waals surface area contributed by atoms with E-state index >= 15 is 0 Å². The minimum atomic E-state index is -0.108. The highest BCUT2D eigenvalue weighted by molar-refractivity contribution is 5.81. The summed E-state index contributed by atoms with van der Waals surface area (Å²) in [6.45, 7) is 3.15. The van der Waals surface area contributed by atoms with E-state index in [0.717, 1.165) is 25.8 Å².